The number of allylic oxidation sites excluding steroid dienone is 2. The van der Waals surface area contributed by atoms with Gasteiger partial charge in [-0.05, 0) is 35.5 Å². The summed E-state index contributed by atoms with van der Waals surface area (Å²) in [5.74, 6) is 0.517. The van der Waals surface area contributed by atoms with Crippen molar-refractivity contribution >= 4 is 29.0 Å². The fourth-order valence-corrected chi connectivity index (χ4v) is 2.67. The molecule has 0 saturated carbocycles. The first kappa shape index (κ1) is 16.3. The first-order valence-corrected chi connectivity index (χ1v) is 7.52. The van der Waals surface area contributed by atoms with E-state index in [9.17, 15) is 9.59 Å². The molecule has 1 aliphatic heterocycles. The molecule has 1 saturated heterocycles. The average Bonchev–Trinajstić information content (AvgIpc) is 2.80. The van der Waals surface area contributed by atoms with Crippen molar-refractivity contribution in [1.82, 2.24) is 4.90 Å². The predicted molar refractivity (Wildman–Crippen MR) is 86.7 cm³/mol. The van der Waals surface area contributed by atoms with Crippen LogP contribution < -0.4 is 4.74 Å². The van der Waals surface area contributed by atoms with Gasteiger partial charge < -0.3 is 9.47 Å². The molecule has 0 aromatic heterocycles. The van der Waals surface area contributed by atoms with Gasteiger partial charge in [0.25, 0.3) is 11.1 Å². The van der Waals surface area contributed by atoms with Crippen molar-refractivity contribution in [3.8, 4) is 5.75 Å². The molecule has 1 aliphatic rings. The molecule has 1 fully saturated rings. The van der Waals surface area contributed by atoms with Crippen LogP contribution in [0.4, 0.5) is 4.79 Å². The molecule has 0 bridgehead atoms. The standard InChI is InChI=1S/C16H17NO4S/c1-20-11-10-17-15(18)14(22-16(17)19)5-3-4-12-6-8-13(21-2)9-7-12/h3-9H,10-11H2,1-2H3/b4-3+,14-5+. The van der Waals surface area contributed by atoms with Gasteiger partial charge in [0, 0.05) is 7.11 Å². The van der Waals surface area contributed by atoms with E-state index in [2.05, 4.69) is 0 Å². The summed E-state index contributed by atoms with van der Waals surface area (Å²) in [6, 6.07) is 7.54. The number of thioether (sulfide) groups is 1. The molecular formula is C16H17NO4S. The van der Waals surface area contributed by atoms with Crippen LogP contribution in [0.3, 0.4) is 0 Å². The van der Waals surface area contributed by atoms with Crippen molar-refractivity contribution in [2.24, 2.45) is 0 Å². The number of hydrogen-bond donors (Lipinski definition) is 0. The van der Waals surface area contributed by atoms with Crippen LogP contribution in [0.2, 0.25) is 0 Å². The molecule has 1 aromatic rings. The fourth-order valence-electron chi connectivity index (χ4n) is 1.85. The number of benzene rings is 1. The van der Waals surface area contributed by atoms with Crippen molar-refractivity contribution in [2.45, 2.75) is 0 Å². The van der Waals surface area contributed by atoms with E-state index in [1.54, 1.807) is 19.3 Å². The Bertz CT molecular complexity index is 607. The zero-order valence-electron chi connectivity index (χ0n) is 12.4. The summed E-state index contributed by atoms with van der Waals surface area (Å²) < 4.78 is 9.98. The summed E-state index contributed by atoms with van der Waals surface area (Å²) >= 11 is 0.945. The van der Waals surface area contributed by atoms with Gasteiger partial charge in [0.1, 0.15) is 5.75 Å². The molecule has 2 amide bonds. The molecule has 6 heteroatoms. The molecule has 116 valence electrons. The SMILES string of the molecule is COCCN1C(=O)S/C(=C/C=C/c2ccc(OC)cc2)C1=O. The first-order valence-electron chi connectivity index (χ1n) is 6.70. The Balaban J connectivity index is 2.01. The van der Waals surface area contributed by atoms with E-state index < -0.39 is 0 Å². The van der Waals surface area contributed by atoms with Crippen LogP contribution in [0.1, 0.15) is 5.56 Å². The quantitative estimate of drug-likeness (QED) is 0.755. The van der Waals surface area contributed by atoms with Gasteiger partial charge in [-0.3, -0.25) is 14.5 Å². The van der Waals surface area contributed by atoms with Gasteiger partial charge in [-0.2, -0.15) is 0 Å². The lowest BCUT2D eigenvalue weighted by molar-refractivity contribution is -0.123. The minimum Gasteiger partial charge on any atom is -0.497 e. The van der Waals surface area contributed by atoms with Gasteiger partial charge in [-0.15, -0.1) is 0 Å². The van der Waals surface area contributed by atoms with Crippen LogP contribution in [0.15, 0.2) is 41.3 Å². The maximum absolute atomic E-state index is 12.1. The normalized spacial score (nSPS) is 17.0. The van der Waals surface area contributed by atoms with E-state index >= 15 is 0 Å². The predicted octanol–water partition coefficient (Wildman–Crippen LogP) is 2.93. The third-order valence-electron chi connectivity index (χ3n) is 3.04. The fraction of sp³-hybridized carbons (Fsp3) is 0.250. The Morgan fingerprint density at radius 2 is 1.91 bits per heavy atom. The topological polar surface area (TPSA) is 55.8 Å². The number of imide groups is 1. The van der Waals surface area contributed by atoms with E-state index in [4.69, 9.17) is 9.47 Å². The Morgan fingerprint density at radius 1 is 1.18 bits per heavy atom. The Kier molecular flexibility index (Phi) is 5.80. The van der Waals surface area contributed by atoms with Crippen LogP contribution in [0.25, 0.3) is 6.08 Å². The molecule has 2 rings (SSSR count). The second-order valence-corrected chi connectivity index (χ2v) is 5.47. The number of nitrogens with zero attached hydrogens (tertiary/aromatic N) is 1. The Labute approximate surface area is 133 Å². The number of carbonyl (C=O) groups excluding carboxylic acids is 2. The maximum atomic E-state index is 12.1. The molecule has 0 radical (unpaired) electrons. The summed E-state index contributed by atoms with van der Waals surface area (Å²) in [6.45, 7) is 0.619. The highest BCUT2D eigenvalue weighted by molar-refractivity contribution is 8.18. The third-order valence-corrected chi connectivity index (χ3v) is 3.97. The van der Waals surface area contributed by atoms with E-state index in [-0.39, 0.29) is 17.7 Å². The smallest absolute Gasteiger partial charge is 0.293 e. The van der Waals surface area contributed by atoms with Gasteiger partial charge >= 0.3 is 0 Å². The van der Waals surface area contributed by atoms with Crippen molar-refractivity contribution in [3.05, 3.63) is 46.9 Å². The highest BCUT2D eigenvalue weighted by Gasteiger charge is 2.34. The molecule has 22 heavy (non-hydrogen) atoms. The monoisotopic (exact) mass is 319 g/mol. The van der Waals surface area contributed by atoms with E-state index in [0.717, 1.165) is 23.1 Å². The minimum absolute atomic E-state index is 0.258. The first-order chi connectivity index (χ1) is 10.7. The van der Waals surface area contributed by atoms with E-state index in [0.29, 0.717) is 11.5 Å². The molecule has 0 unspecified atom stereocenters. The summed E-state index contributed by atoms with van der Waals surface area (Å²) in [4.78, 5) is 25.4. The highest BCUT2D eigenvalue weighted by atomic mass is 32.2. The summed E-state index contributed by atoms with van der Waals surface area (Å²) in [5.41, 5.74) is 0.982. The number of methoxy groups -OCH3 is 2. The minimum atomic E-state index is -0.272. The summed E-state index contributed by atoms with van der Waals surface area (Å²) in [6.07, 6.45) is 5.28. The Morgan fingerprint density at radius 3 is 2.55 bits per heavy atom. The zero-order chi connectivity index (χ0) is 15.9. The lowest BCUT2D eigenvalue weighted by atomic mass is 10.2. The maximum Gasteiger partial charge on any atom is 0.293 e. The molecule has 0 spiro atoms. The molecule has 1 aromatic carbocycles. The Hall–Kier alpha value is -2.05. The van der Waals surface area contributed by atoms with E-state index in [1.807, 2.05) is 30.3 Å². The van der Waals surface area contributed by atoms with Crippen LogP contribution in [0, 0.1) is 0 Å². The molecule has 5 nitrogen and oxygen atoms in total. The number of ether oxygens (including phenoxy) is 2. The second kappa shape index (κ2) is 7.82. The lowest BCUT2D eigenvalue weighted by Crippen LogP contribution is -2.31. The third kappa shape index (κ3) is 3.99. The van der Waals surface area contributed by atoms with Crippen molar-refractivity contribution in [2.75, 3.05) is 27.4 Å². The van der Waals surface area contributed by atoms with Crippen molar-refractivity contribution in [3.63, 3.8) is 0 Å². The largest absolute Gasteiger partial charge is 0.497 e. The number of rotatable bonds is 6. The molecule has 1 heterocycles. The number of hydrogen-bond acceptors (Lipinski definition) is 5. The van der Waals surface area contributed by atoms with Crippen LogP contribution >= 0.6 is 11.8 Å². The van der Waals surface area contributed by atoms with Crippen molar-refractivity contribution in [1.29, 1.82) is 0 Å². The molecule has 0 atom stereocenters. The number of carbonyl (C=O) groups is 2. The molecule has 0 N–H and O–H groups in total. The average molecular weight is 319 g/mol. The molecule has 0 aliphatic carbocycles. The molecular weight excluding hydrogens is 302 g/mol. The van der Waals surface area contributed by atoms with Gasteiger partial charge in [0.05, 0.1) is 25.2 Å². The van der Waals surface area contributed by atoms with Crippen LogP contribution in [0.5, 0.6) is 5.75 Å². The summed E-state index contributed by atoms with van der Waals surface area (Å²) in [7, 11) is 3.15. The summed E-state index contributed by atoms with van der Waals surface area (Å²) in [5, 5.41) is -0.258. The van der Waals surface area contributed by atoms with Gasteiger partial charge in [0.2, 0.25) is 0 Å². The van der Waals surface area contributed by atoms with Gasteiger partial charge in [0.15, 0.2) is 0 Å². The van der Waals surface area contributed by atoms with Crippen LogP contribution in [-0.2, 0) is 9.53 Å². The number of amides is 2. The zero-order valence-corrected chi connectivity index (χ0v) is 13.3. The van der Waals surface area contributed by atoms with E-state index in [1.165, 1.54) is 12.0 Å². The highest BCUT2D eigenvalue weighted by Crippen LogP contribution is 2.30. The van der Waals surface area contributed by atoms with Gasteiger partial charge in [-0.1, -0.05) is 24.3 Å². The second-order valence-electron chi connectivity index (χ2n) is 4.48. The van der Waals surface area contributed by atoms with Gasteiger partial charge in [-0.25, -0.2) is 0 Å². The lowest BCUT2D eigenvalue weighted by Gasteiger charge is -2.10. The van der Waals surface area contributed by atoms with Crippen LogP contribution in [-0.4, -0.2) is 43.4 Å². The van der Waals surface area contributed by atoms with Crippen molar-refractivity contribution < 1.29 is 19.1 Å².